The van der Waals surface area contributed by atoms with Crippen LogP contribution in [0.15, 0.2) is 29.8 Å². The molecule has 1 aromatic carbocycles. The van der Waals surface area contributed by atoms with Crippen molar-refractivity contribution in [3.05, 3.63) is 41.2 Å². The second-order valence-electron chi connectivity index (χ2n) is 8.30. The second kappa shape index (κ2) is 5.71. The maximum absolute atomic E-state index is 13.3. The molecule has 2 fully saturated rings. The van der Waals surface area contributed by atoms with Crippen molar-refractivity contribution in [2.45, 2.75) is 51.6 Å². The highest BCUT2D eigenvalue weighted by atomic mass is 19.1. The van der Waals surface area contributed by atoms with Gasteiger partial charge in [0.25, 0.3) is 0 Å². The third-order valence-corrected chi connectivity index (χ3v) is 5.99. The monoisotopic (exact) mass is 314 g/mol. The quantitative estimate of drug-likeness (QED) is 0.912. The van der Waals surface area contributed by atoms with Crippen LogP contribution >= 0.6 is 0 Å². The molecule has 124 valence electrons. The van der Waals surface area contributed by atoms with Gasteiger partial charge in [0.05, 0.1) is 0 Å². The minimum Gasteiger partial charge on any atom is -0.314 e. The van der Waals surface area contributed by atoms with E-state index in [1.807, 2.05) is 12.1 Å². The molecule has 2 saturated heterocycles. The number of hydrogen-bond acceptors (Lipinski definition) is 2. The molecule has 2 bridgehead atoms. The molecule has 0 spiro atoms. The lowest BCUT2D eigenvalue weighted by molar-refractivity contribution is -0.00561. The number of piperidine rings is 1. The van der Waals surface area contributed by atoms with Crippen molar-refractivity contribution in [3.63, 3.8) is 0 Å². The van der Waals surface area contributed by atoms with Crippen LogP contribution in [0.3, 0.4) is 0 Å². The van der Waals surface area contributed by atoms with Gasteiger partial charge in [-0.25, -0.2) is 4.39 Å². The summed E-state index contributed by atoms with van der Waals surface area (Å²) in [6, 6.07) is 8.58. The third kappa shape index (κ3) is 2.97. The van der Waals surface area contributed by atoms with E-state index < -0.39 is 0 Å². The first kappa shape index (κ1) is 15.3. The summed E-state index contributed by atoms with van der Waals surface area (Å²) in [5.41, 5.74) is 4.63. The molecule has 1 N–H and O–H groups in total. The summed E-state index contributed by atoms with van der Waals surface area (Å²) < 4.78 is 13.3. The molecule has 2 aliphatic heterocycles. The normalized spacial score (nSPS) is 30.2. The van der Waals surface area contributed by atoms with E-state index in [1.54, 1.807) is 17.7 Å². The number of fused-ring (bicyclic) bond motifs is 2. The van der Waals surface area contributed by atoms with Crippen molar-refractivity contribution >= 4 is 5.57 Å². The Kier molecular flexibility index (Phi) is 3.81. The summed E-state index contributed by atoms with van der Waals surface area (Å²) >= 11 is 0. The fourth-order valence-electron chi connectivity index (χ4n) is 4.51. The van der Waals surface area contributed by atoms with Gasteiger partial charge in [0, 0.05) is 31.7 Å². The van der Waals surface area contributed by atoms with Gasteiger partial charge >= 0.3 is 0 Å². The lowest BCUT2D eigenvalue weighted by Gasteiger charge is -2.54. The van der Waals surface area contributed by atoms with Crippen LogP contribution in [0.25, 0.3) is 5.57 Å². The molecule has 3 aliphatic rings. The number of hydrogen-bond donors (Lipinski definition) is 1. The van der Waals surface area contributed by atoms with Crippen molar-refractivity contribution in [1.82, 2.24) is 10.2 Å². The standard InChI is InChI=1S/C20H27FN2/c1-20(2)8-7-15(13-23-17-9-18(23)12-22-11-17)19(10-20)14-3-5-16(21)6-4-14/h3-6,17-18,22H,7-13H2,1-2H3. The molecular formula is C20H27FN2. The second-order valence-corrected chi connectivity index (χ2v) is 8.30. The summed E-state index contributed by atoms with van der Waals surface area (Å²) in [5.74, 6) is -0.144. The molecule has 0 aromatic heterocycles. The van der Waals surface area contributed by atoms with Crippen molar-refractivity contribution in [1.29, 1.82) is 0 Å². The van der Waals surface area contributed by atoms with Crippen molar-refractivity contribution in [2.75, 3.05) is 19.6 Å². The molecule has 2 heterocycles. The minimum absolute atomic E-state index is 0.144. The highest BCUT2D eigenvalue weighted by Gasteiger charge is 2.42. The Bertz CT molecular complexity index is 603. The number of nitrogens with one attached hydrogen (secondary N) is 1. The molecule has 0 amide bonds. The number of rotatable bonds is 3. The van der Waals surface area contributed by atoms with Crippen LogP contribution in [0.2, 0.25) is 0 Å². The van der Waals surface area contributed by atoms with Gasteiger partial charge in [0.1, 0.15) is 5.82 Å². The summed E-state index contributed by atoms with van der Waals surface area (Å²) in [4.78, 5) is 2.69. The summed E-state index contributed by atoms with van der Waals surface area (Å²) in [6.07, 6.45) is 4.91. The van der Waals surface area contributed by atoms with E-state index >= 15 is 0 Å². The van der Waals surface area contributed by atoms with Gasteiger partial charge in [-0.3, -0.25) is 4.90 Å². The van der Waals surface area contributed by atoms with Gasteiger partial charge in [0.15, 0.2) is 0 Å². The molecule has 4 rings (SSSR count). The fourth-order valence-corrected chi connectivity index (χ4v) is 4.51. The van der Waals surface area contributed by atoms with Crippen LogP contribution in [-0.4, -0.2) is 36.6 Å². The van der Waals surface area contributed by atoms with Crippen molar-refractivity contribution < 1.29 is 4.39 Å². The number of piperazine rings is 1. The zero-order valence-corrected chi connectivity index (χ0v) is 14.2. The molecule has 2 nitrogen and oxygen atoms in total. The first-order valence-electron chi connectivity index (χ1n) is 8.95. The smallest absolute Gasteiger partial charge is 0.123 e. The molecular weight excluding hydrogens is 287 g/mol. The van der Waals surface area contributed by atoms with Crippen LogP contribution < -0.4 is 5.32 Å². The number of halogens is 1. The van der Waals surface area contributed by atoms with Crippen molar-refractivity contribution in [3.8, 4) is 0 Å². The van der Waals surface area contributed by atoms with Gasteiger partial charge in [0.2, 0.25) is 0 Å². The zero-order valence-electron chi connectivity index (χ0n) is 14.2. The van der Waals surface area contributed by atoms with Crippen LogP contribution in [0.4, 0.5) is 4.39 Å². The Hall–Kier alpha value is -1.19. The largest absolute Gasteiger partial charge is 0.314 e. The Labute approximate surface area is 138 Å². The predicted molar refractivity (Wildman–Crippen MR) is 92.7 cm³/mol. The first-order chi connectivity index (χ1) is 11.0. The topological polar surface area (TPSA) is 15.3 Å². The van der Waals surface area contributed by atoms with Gasteiger partial charge in [-0.1, -0.05) is 31.6 Å². The maximum atomic E-state index is 13.3. The summed E-state index contributed by atoms with van der Waals surface area (Å²) in [7, 11) is 0. The van der Waals surface area contributed by atoms with E-state index in [1.165, 1.54) is 30.4 Å². The van der Waals surface area contributed by atoms with Crippen LogP contribution in [0.1, 0.15) is 45.1 Å². The van der Waals surface area contributed by atoms with E-state index in [0.29, 0.717) is 5.41 Å². The Balaban J connectivity index is 1.63. The van der Waals surface area contributed by atoms with Gasteiger partial charge in [-0.2, -0.15) is 0 Å². The molecule has 3 heteroatoms. The number of benzene rings is 1. The van der Waals surface area contributed by atoms with E-state index in [-0.39, 0.29) is 5.82 Å². The first-order valence-corrected chi connectivity index (χ1v) is 8.95. The molecule has 2 atom stereocenters. The molecule has 1 aromatic rings. The molecule has 1 aliphatic carbocycles. The van der Waals surface area contributed by atoms with Crippen LogP contribution in [-0.2, 0) is 0 Å². The minimum atomic E-state index is -0.144. The molecule has 0 saturated carbocycles. The number of allylic oxidation sites excluding steroid dienone is 1. The Morgan fingerprint density at radius 3 is 2.52 bits per heavy atom. The van der Waals surface area contributed by atoms with E-state index in [4.69, 9.17) is 0 Å². The van der Waals surface area contributed by atoms with Gasteiger partial charge in [-0.15, -0.1) is 0 Å². The lowest BCUT2D eigenvalue weighted by atomic mass is 9.72. The lowest BCUT2D eigenvalue weighted by Crippen LogP contribution is -2.68. The van der Waals surface area contributed by atoms with Gasteiger partial charge in [-0.05, 0) is 54.4 Å². The predicted octanol–water partition coefficient (Wildman–Crippen LogP) is 3.84. The SMILES string of the molecule is CC1(C)CCC(CN2C3CNCC2C3)=C(c2ccc(F)cc2)C1. The van der Waals surface area contributed by atoms with Crippen LogP contribution in [0.5, 0.6) is 0 Å². The number of nitrogens with zero attached hydrogens (tertiary/aromatic N) is 1. The van der Waals surface area contributed by atoms with E-state index in [9.17, 15) is 4.39 Å². The highest BCUT2D eigenvalue weighted by Crippen LogP contribution is 2.44. The highest BCUT2D eigenvalue weighted by molar-refractivity contribution is 5.70. The third-order valence-electron chi connectivity index (χ3n) is 5.99. The Morgan fingerprint density at radius 1 is 1.17 bits per heavy atom. The van der Waals surface area contributed by atoms with Gasteiger partial charge < -0.3 is 5.32 Å². The fraction of sp³-hybridized carbons (Fsp3) is 0.600. The average Bonchev–Trinajstić information content (AvgIpc) is 2.54. The van der Waals surface area contributed by atoms with Crippen LogP contribution in [0, 0.1) is 11.2 Å². The summed E-state index contributed by atoms with van der Waals surface area (Å²) in [5, 5.41) is 3.51. The van der Waals surface area contributed by atoms with E-state index in [2.05, 4.69) is 24.1 Å². The molecule has 0 radical (unpaired) electrons. The maximum Gasteiger partial charge on any atom is 0.123 e. The summed E-state index contributed by atoms with van der Waals surface area (Å²) in [6.45, 7) is 8.10. The molecule has 2 unspecified atom stereocenters. The zero-order chi connectivity index (χ0) is 16.0. The Morgan fingerprint density at radius 2 is 1.87 bits per heavy atom. The molecule has 23 heavy (non-hydrogen) atoms. The van der Waals surface area contributed by atoms with Crippen molar-refractivity contribution in [2.24, 2.45) is 5.41 Å². The average molecular weight is 314 g/mol. The van der Waals surface area contributed by atoms with E-state index in [0.717, 1.165) is 38.1 Å².